The summed E-state index contributed by atoms with van der Waals surface area (Å²) in [6, 6.07) is -2.78. The molecule has 8 atom stereocenters. The second-order valence-corrected chi connectivity index (χ2v) is 29.9. The van der Waals surface area contributed by atoms with Gasteiger partial charge in [-0.05, 0) is 124 Å². The summed E-state index contributed by atoms with van der Waals surface area (Å²) in [5.74, 6) is -10.3. The molecule has 3 N–H and O–H groups in total. The van der Waals surface area contributed by atoms with Gasteiger partial charge >= 0.3 is 12.4 Å². The summed E-state index contributed by atoms with van der Waals surface area (Å²) in [5, 5.41) is 7.91. The van der Waals surface area contributed by atoms with E-state index < -0.39 is 192 Å². The monoisotopic (exact) mass is 1500 g/mol. The Morgan fingerprint density at radius 2 is 1.26 bits per heavy atom. The van der Waals surface area contributed by atoms with Crippen LogP contribution in [-0.4, -0.2) is 251 Å². The molecule has 2 aliphatic carbocycles. The van der Waals surface area contributed by atoms with Crippen LogP contribution in [0.1, 0.15) is 153 Å². The van der Waals surface area contributed by atoms with Crippen LogP contribution in [0.3, 0.4) is 0 Å². The summed E-state index contributed by atoms with van der Waals surface area (Å²) in [5.41, 5.74) is -3.38. The van der Waals surface area contributed by atoms with E-state index in [0.29, 0.717) is 44.9 Å². The Morgan fingerprint density at radius 1 is 0.638 bits per heavy atom. The number of halogens is 7. The van der Waals surface area contributed by atoms with Crippen LogP contribution in [0.15, 0.2) is 54.6 Å². The molecule has 2 saturated carbocycles. The standard InChI is InChI=1S/C74H103ClF6N12O12/c1-12-46(4)62-69(103)87(8)43-60(96)91-35-19-13-14-20-36-92(61(97)44-91)57(40-48-25-29-50(30-26-48)73(76,77)78)68(102)86(7)42-58(94)82-53(32-28-47-27-31-51(52(75)39-47)74(79,80)81)66(100)93-37-21-24-54(93)65(99)84-72(33-17-18-34-72)71(105)90(11)63(49-22-15-16-23-49)70(104)89(10)56(67(101)85(5)6)41-59(95)88(9)55(38-45(2)3)64(98)83-62/h13-14,25-27,29-31,39,45-46,49,53-57,62-63H,12,15-24,28,32-38,40-44H2,1-11H3,(H,82,94)(H,83,98)(H,84,99)/b14-13-/t46-,53-,54-,55-,56-,57-,62-,63-/m0/s1. The fourth-order valence-corrected chi connectivity index (χ4v) is 15.3. The molecule has 1 spiro atoms. The third kappa shape index (κ3) is 21.1. The quantitative estimate of drug-likeness (QED) is 0.161. The molecule has 4 fully saturated rings. The van der Waals surface area contributed by atoms with Crippen molar-refractivity contribution in [1.29, 1.82) is 0 Å². The molecule has 7 rings (SSSR count). The van der Waals surface area contributed by atoms with Gasteiger partial charge in [0, 0.05) is 75.4 Å². The van der Waals surface area contributed by atoms with E-state index in [9.17, 15) is 55.1 Å². The zero-order chi connectivity index (χ0) is 77.7. The van der Waals surface area contributed by atoms with E-state index >= 15 is 28.8 Å². The van der Waals surface area contributed by atoms with Crippen LogP contribution in [0, 0.1) is 17.8 Å². The summed E-state index contributed by atoms with van der Waals surface area (Å²) in [4.78, 5) is 190. The van der Waals surface area contributed by atoms with Crippen molar-refractivity contribution in [3.05, 3.63) is 81.9 Å². The molecule has 2 aromatic rings. The fourth-order valence-electron chi connectivity index (χ4n) is 14.9. The fraction of sp³-hybridized carbons (Fsp3) is 0.649. The largest absolute Gasteiger partial charge is 0.417 e. The van der Waals surface area contributed by atoms with Crippen LogP contribution in [-0.2, 0) is 82.7 Å². The molecule has 0 unspecified atom stereocenters. The molecule has 105 heavy (non-hydrogen) atoms. The maximum atomic E-state index is 15.6. The van der Waals surface area contributed by atoms with Crippen molar-refractivity contribution in [2.75, 3.05) is 88.6 Å². The molecule has 3 aliphatic heterocycles. The van der Waals surface area contributed by atoms with Gasteiger partial charge in [0.2, 0.25) is 70.9 Å². The SMILES string of the molecule is CC[C@H](C)[C@@H]1NC(=O)[C@H](CC(C)C)N(C)C(=O)C[C@@H](C(=O)N(C)C)N(C)C(=O)[C@H](C2CCCC2)N(C)C(=O)C2(CCCC2)NC(=O)[C@@H]2CCCN2C(=O)[C@H](CCc2ccc(C(F)(F)F)c(Cl)c2)NC(=O)CN(C)C(=O)[C@H](Cc2ccc(C(F)(F)F)cc2)N2CC/C=C\CCN(CC2=O)C(=O)CN(C)C1=O. The van der Waals surface area contributed by atoms with Gasteiger partial charge in [-0.15, -0.1) is 0 Å². The smallest absolute Gasteiger partial charge is 0.347 e. The van der Waals surface area contributed by atoms with Crippen LogP contribution in [0.5, 0.6) is 0 Å². The number of nitrogens with one attached hydrogen (secondary N) is 3. The molecule has 2 aromatic carbocycles. The molecule has 31 heteroatoms. The first-order valence-electron chi connectivity index (χ1n) is 36.3. The maximum absolute atomic E-state index is 15.6. The molecule has 2 bridgehead atoms. The highest BCUT2D eigenvalue weighted by atomic mass is 35.5. The van der Waals surface area contributed by atoms with E-state index in [4.69, 9.17) is 11.6 Å². The van der Waals surface area contributed by atoms with E-state index in [1.807, 2.05) is 13.8 Å². The van der Waals surface area contributed by atoms with Crippen molar-refractivity contribution in [2.24, 2.45) is 17.8 Å². The molecule has 12 amide bonds. The summed E-state index contributed by atoms with van der Waals surface area (Å²) in [6.07, 6.45) is -2.94. The number of hydrogen-bond acceptors (Lipinski definition) is 12. The third-order valence-electron chi connectivity index (χ3n) is 21.3. The number of fused-ring (bicyclic) bond motifs is 4. The average molecular weight is 1500 g/mol. The number of rotatable bonds is 11. The van der Waals surface area contributed by atoms with E-state index in [2.05, 4.69) is 16.0 Å². The van der Waals surface area contributed by atoms with Crippen molar-refractivity contribution in [3.63, 3.8) is 0 Å². The van der Waals surface area contributed by atoms with Crippen molar-refractivity contribution in [3.8, 4) is 0 Å². The third-order valence-corrected chi connectivity index (χ3v) is 21.6. The predicted octanol–water partition coefficient (Wildman–Crippen LogP) is 6.49. The highest BCUT2D eigenvalue weighted by Gasteiger charge is 2.52. The van der Waals surface area contributed by atoms with Crippen LogP contribution >= 0.6 is 11.6 Å². The van der Waals surface area contributed by atoms with E-state index in [1.54, 1.807) is 26.0 Å². The van der Waals surface area contributed by atoms with Crippen LogP contribution < -0.4 is 16.0 Å². The average Bonchev–Trinajstić information content (AvgIpc) is 1.72. The Morgan fingerprint density at radius 3 is 1.85 bits per heavy atom. The number of benzene rings is 2. The van der Waals surface area contributed by atoms with Gasteiger partial charge in [-0.2, -0.15) is 26.3 Å². The zero-order valence-corrected chi connectivity index (χ0v) is 62.8. The number of carbonyl (C=O) groups excluding carboxylic acids is 12. The van der Waals surface area contributed by atoms with Gasteiger partial charge in [-0.1, -0.05) is 102 Å². The predicted molar refractivity (Wildman–Crippen MR) is 377 cm³/mol. The first kappa shape index (κ1) is 84.0. The lowest BCUT2D eigenvalue weighted by Crippen LogP contribution is -2.65. The lowest BCUT2D eigenvalue weighted by atomic mass is 9.90. The van der Waals surface area contributed by atoms with E-state index in [0.717, 1.165) is 62.1 Å². The number of amides is 12. The Kier molecular flexibility index (Phi) is 29.0. The van der Waals surface area contributed by atoms with Crippen LogP contribution in [0.4, 0.5) is 26.3 Å². The van der Waals surface area contributed by atoms with Crippen molar-refractivity contribution in [2.45, 2.75) is 203 Å². The van der Waals surface area contributed by atoms with Gasteiger partial charge in [-0.25, -0.2) is 0 Å². The summed E-state index contributed by atoms with van der Waals surface area (Å²) in [6.45, 7) is 4.70. The second kappa shape index (κ2) is 36.3. The minimum Gasteiger partial charge on any atom is -0.347 e. The molecule has 24 nitrogen and oxygen atoms in total. The Balaban J connectivity index is 1.33. The molecule has 5 aliphatic rings. The van der Waals surface area contributed by atoms with Crippen LogP contribution in [0.2, 0.25) is 5.02 Å². The first-order valence-corrected chi connectivity index (χ1v) is 36.6. The molecule has 0 radical (unpaired) electrons. The topological polar surface area (TPSA) is 270 Å². The van der Waals surface area contributed by atoms with E-state index in [1.165, 1.54) is 73.8 Å². The Bertz CT molecular complexity index is 3530. The van der Waals surface area contributed by atoms with Gasteiger partial charge in [0.05, 0.1) is 42.2 Å². The zero-order valence-electron chi connectivity index (χ0n) is 62.0. The normalized spacial score (nSPS) is 25.3. The Labute approximate surface area is 615 Å². The number of likely N-dealkylation sites (N-methyl/N-ethyl adjacent to an activating group) is 6. The van der Waals surface area contributed by atoms with Crippen molar-refractivity contribution >= 4 is 82.5 Å². The molecule has 580 valence electrons. The molecule has 3 heterocycles. The van der Waals surface area contributed by atoms with Gasteiger partial charge in [0.15, 0.2) is 0 Å². The number of alkyl halides is 6. The Hall–Kier alpha value is -8.31. The second-order valence-electron chi connectivity index (χ2n) is 29.5. The highest BCUT2D eigenvalue weighted by Crippen LogP contribution is 2.39. The van der Waals surface area contributed by atoms with Crippen molar-refractivity contribution in [1.82, 2.24) is 60.0 Å². The molecular weight excluding hydrogens is 1400 g/mol. The van der Waals surface area contributed by atoms with Gasteiger partial charge in [-0.3, -0.25) is 57.5 Å². The van der Waals surface area contributed by atoms with Gasteiger partial charge < -0.3 is 60.0 Å². The highest BCUT2D eigenvalue weighted by molar-refractivity contribution is 6.31. The maximum Gasteiger partial charge on any atom is 0.417 e. The van der Waals surface area contributed by atoms with E-state index in [-0.39, 0.29) is 94.5 Å². The summed E-state index contributed by atoms with van der Waals surface area (Å²) < 4.78 is 83.6. The van der Waals surface area contributed by atoms with Crippen molar-refractivity contribution < 1.29 is 83.9 Å². The number of hydrogen-bond donors (Lipinski definition) is 3. The van der Waals surface area contributed by atoms with Gasteiger partial charge in [0.25, 0.3) is 0 Å². The molecule has 2 saturated heterocycles. The first-order chi connectivity index (χ1) is 49.3. The summed E-state index contributed by atoms with van der Waals surface area (Å²) >= 11 is 6.15. The number of carbonyl (C=O) groups is 12. The van der Waals surface area contributed by atoms with Crippen LogP contribution in [0.25, 0.3) is 0 Å². The summed E-state index contributed by atoms with van der Waals surface area (Å²) in [7, 11) is 9.67. The lowest BCUT2D eigenvalue weighted by molar-refractivity contribution is -0.156. The number of nitrogens with zero attached hydrogens (tertiary/aromatic N) is 9. The molecule has 0 aromatic heterocycles. The number of aryl methyl sites for hydroxylation is 1. The van der Waals surface area contributed by atoms with Gasteiger partial charge in [0.1, 0.15) is 47.8 Å². The lowest BCUT2D eigenvalue weighted by Gasteiger charge is -2.42. The molecular formula is C74H103ClF6N12O12. The minimum atomic E-state index is -4.81. The minimum absolute atomic E-state index is 0.0445.